The average molecular weight is 394 g/mol. The molecule has 0 aliphatic heterocycles. The Morgan fingerprint density at radius 1 is 1.04 bits per heavy atom. The number of esters is 1. The summed E-state index contributed by atoms with van der Waals surface area (Å²) in [5, 5.41) is 2.22. The zero-order valence-corrected chi connectivity index (χ0v) is 17.6. The number of nitrogens with zero attached hydrogens (tertiary/aromatic N) is 1. The summed E-state index contributed by atoms with van der Waals surface area (Å²) in [7, 11) is 1.45. The van der Waals surface area contributed by atoms with Crippen LogP contribution < -0.4 is 0 Å². The van der Waals surface area contributed by atoms with E-state index in [9.17, 15) is 4.79 Å². The third-order valence-corrected chi connectivity index (χ3v) is 5.96. The van der Waals surface area contributed by atoms with Crippen LogP contribution in [-0.4, -0.2) is 23.8 Å². The summed E-state index contributed by atoms with van der Waals surface area (Å²) < 4.78 is 4.88. The van der Waals surface area contributed by atoms with Crippen LogP contribution in [0.3, 0.4) is 0 Å². The lowest BCUT2D eigenvalue weighted by molar-refractivity contribution is -0.151. The van der Waals surface area contributed by atoms with Crippen molar-refractivity contribution in [2.24, 2.45) is 5.41 Å². The van der Waals surface area contributed by atoms with Crippen LogP contribution in [0, 0.1) is 5.41 Å². The number of fused-ring (bicyclic) bond motifs is 1. The lowest BCUT2D eigenvalue weighted by Crippen LogP contribution is -2.25. The molecule has 3 nitrogen and oxygen atoms in total. The monoisotopic (exact) mass is 393 g/mol. The predicted octanol–water partition coefficient (Wildman–Crippen LogP) is 6.36. The molecular weight excluding hydrogens is 366 g/mol. The van der Waals surface area contributed by atoms with Crippen LogP contribution in [0.2, 0.25) is 0 Å². The lowest BCUT2D eigenvalue weighted by atomic mass is 9.87. The first kappa shape index (κ1) is 20.4. The van der Waals surface area contributed by atoms with E-state index in [1.165, 1.54) is 23.6 Å². The van der Waals surface area contributed by atoms with Crippen molar-refractivity contribution in [1.82, 2.24) is 4.98 Å². The van der Waals surface area contributed by atoms with Gasteiger partial charge in [0, 0.05) is 5.39 Å². The minimum absolute atomic E-state index is 0.135. The molecule has 0 atom stereocenters. The number of unbranched alkanes of at least 4 members (excludes halogenated alkanes) is 1. The number of methoxy groups -OCH3 is 1. The summed E-state index contributed by atoms with van der Waals surface area (Å²) in [5.74, 6) is 0.848. The maximum absolute atomic E-state index is 11.8. The van der Waals surface area contributed by atoms with Crippen LogP contribution in [0.15, 0.2) is 65.7 Å². The van der Waals surface area contributed by atoms with Crippen molar-refractivity contribution in [2.45, 2.75) is 38.1 Å². The van der Waals surface area contributed by atoms with Gasteiger partial charge in [-0.15, -0.1) is 11.8 Å². The van der Waals surface area contributed by atoms with Crippen molar-refractivity contribution in [3.8, 4) is 11.1 Å². The molecule has 3 aromatic rings. The third kappa shape index (κ3) is 4.93. The van der Waals surface area contributed by atoms with E-state index in [1.807, 2.05) is 26.0 Å². The quantitative estimate of drug-likeness (QED) is 0.253. The van der Waals surface area contributed by atoms with E-state index in [2.05, 4.69) is 48.5 Å². The molecule has 146 valence electrons. The molecule has 0 aliphatic rings. The van der Waals surface area contributed by atoms with Gasteiger partial charge in [0.2, 0.25) is 0 Å². The topological polar surface area (TPSA) is 39.2 Å². The number of hydrogen-bond acceptors (Lipinski definition) is 4. The Labute approximate surface area is 171 Å². The second-order valence-electron chi connectivity index (χ2n) is 7.57. The average Bonchev–Trinajstić information content (AvgIpc) is 2.72. The lowest BCUT2D eigenvalue weighted by Gasteiger charge is -2.20. The first-order valence-electron chi connectivity index (χ1n) is 9.68. The van der Waals surface area contributed by atoms with Crippen LogP contribution >= 0.6 is 11.8 Å². The van der Waals surface area contributed by atoms with Crippen LogP contribution in [0.5, 0.6) is 0 Å². The molecule has 0 saturated heterocycles. The molecule has 0 unspecified atom stereocenters. The van der Waals surface area contributed by atoms with Gasteiger partial charge >= 0.3 is 5.97 Å². The third-order valence-electron chi connectivity index (χ3n) is 4.96. The number of pyridine rings is 1. The Hall–Kier alpha value is -2.33. The summed E-state index contributed by atoms with van der Waals surface area (Å²) in [6.45, 7) is 3.89. The minimum Gasteiger partial charge on any atom is -0.469 e. The molecule has 4 heteroatoms. The summed E-state index contributed by atoms with van der Waals surface area (Å²) in [4.78, 5) is 16.6. The Bertz CT molecular complexity index is 938. The van der Waals surface area contributed by atoms with Crippen molar-refractivity contribution in [2.75, 3.05) is 12.9 Å². The van der Waals surface area contributed by atoms with Gasteiger partial charge in [0.05, 0.1) is 23.1 Å². The van der Waals surface area contributed by atoms with Gasteiger partial charge in [-0.25, -0.2) is 4.98 Å². The molecule has 2 aromatic carbocycles. The minimum atomic E-state index is -0.416. The number of hydrogen-bond donors (Lipinski definition) is 0. The SMILES string of the molecule is COC(=O)C(C)(C)CCCCSc1cc(-c2ccccc2)c2ccccc2n1. The van der Waals surface area contributed by atoms with Crippen LogP contribution in [0.1, 0.15) is 33.1 Å². The summed E-state index contributed by atoms with van der Waals surface area (Å²) in [5.41, 5.74) is 3.04. The van der Waals surface area contributed by atoms with Gasteiger partial charge in [-0.2, -0.15) is 0 Å². The normalized spacial score (nSPS) is 11.5. The number of benzene rings is 2. The number of rotatable bonds is 8. The fourth-order valence-electron chi connectivity index (χ4n) is 3.31. The Morgan fingerprint density at radius 2 is 1.75 bits per heavy atom. The summed E-state index contributed by atoms with van der Waals surface area (Å²) in [6, 6.07) is 21.0. The molecule has 3 rings (SSSR count). The van der Waals surface area contributed by atoms with Crippen molar-refractivity contribution in [3.05, 3.63) is 60.7 Å². The van der Waals surface area contributed by atoms with Crippen molar-refractivity contribution < 1.29 is 9.53 Å². The highest BCUT2D eigenvalue weighted by atomic mass is 32.2. The van der Waals surface area contributed by atoms with E-state index in [1.54, 1.807) is 11.8 Å². The fourth-order valence-corrected chi connectivity index (χ4v) is 4.23. The van der Waals surface area contributed by atoms with Gasteiger partial charge in [0.25, 0.3) is 0 Å². The number of thioether (sulfide) groups is 1. The zero-order valence-electron chi connectivity index (χ0n) is 16.8. The predicted molar refractivity (Wildman–Crippen MR) is 118 cm³/mol. The molecule has 0 aliphatic carbocycles. The molecule has 0 bridgehead atoms. The Morgan fingerprint density at radius 3 is 2.50 bits per heavy atom. The highest BCUT2D eigenvalue weighted by molar-refractivity contribution is 7.99. The Balaban J connectivity index is 1.68. The second-order valence-corrected chi connectivity index (χ2v) is 8.69. The zero-order chi connectivity index (χ0) is 20.0. The molecule has 0 radical (unpaired) electrons. The van der Waals surface area contributed by atoms with Gasteiger partial charge in [0.1, 0.15) is 0 Å². The van der Waals surface area contributed by atoms with Crippen molar-refractivity contribution in [3.63, 3.8) is 0 Å². The second kappa shape index (κ2) is 9.24. The van der Waals surface area contributed by atoms with Crippen molar-refractivity contribution >= 4 is 28.6 Å². The van der Waals surface area contributed by atoms with E-state index >= 15 is 0 Å². The highest BCUT2D eigenvalue weighted by Crippen LogP contribution is 2.32. The number of ether oxygens (including phenoxy) is 1. The fraction of sp³-hybridized carbons (Fsp3) is 0.333. The van der Waals surface area contributed by atoms with Gasteiger partial charge in [-0.05, 0) is 55.7 Å². The Kier molecular flexibility index (Phi) is 6.74. The maximum Gasteiger partial charge on any atom is 0.311 e. The van der Waals surface area contributed by atoms with Gasteiger partial charge < -0.3 is 4.74 Å². The molecular formula is C24H27NO2S. The first-order chi connectivity index (χ1) is 13.5. The highest BCUT2D eigenvalue weighted by Gasteiger charge is 2.27. The molecule has 0 fully saturated rings. The maximum atomic E-state index is 11.8. The van der Waals surface area contributed by atoms with E-state index in [0.29, 0.717) is 0 Å². The molecule has 1 heterocycles. The van der Waals surface area contributed by atoms with Crippen LogP contribution in [0.25, 0.3) is 22.0 Å². The molecule has 0 N–H and O–H groups in total. The number of para-hydroxylation sites is 1. The molecule has 28 heavy (non-hydrogen) atoms. The summed E-state index contributed by atoms with van der Waals surface area (Å²) >= 11 is 1.78. The van der Waals surface area contributed by atoms with Crippen LogP contribution in [0.4, 0.5) is 0 Å². The van der Waals surface area contributed by atoms with Gasteiger partial charge in [-0.3, -0.25) is 4.79 Å². The smallest absolute Gasteiger partial charge is 0.311 e. The molecule has 0 amide bonds. The molecule has 1 aromatic heterocycles. The number of carbonyl (C=O) groups is 1. The van der Waals surface area contributed by atoms with E-state index in [4.69, 9.17) is 9.72 Å². The van der Waals surface area contributed by atoms with E-state index in [0.717, 1.165) is 35.6 Å². The van der Waals surface area contributed by atoms with E-state index < -0.39 is 5.41 Å². The first-order valence-corrected chi connectivity index (χ1v) is 10.7. The molecule has 0 spiro atoms. The largest absolute Gasteiger partial charge is 0.469 e. The number of carbonyl (C=O) groups excluding carboxylic acids is 1. The standard InChI is InChI=1S/C24H27NO2S/c1-24(2,23(26)27-3)15-9-10-16-28-22-17-20(18-11-5-4-6-12-18)19-13-7-8-14-21(19)25-22/h4-8,11-14,17H,9-10,15-16H2,1-3H3. The summed E-state index contributed by atoms with van der Waals surface area (Å²) in [6.07, 6.45) is 2.87. The van der Waals surface area contributed by atoms with Gasteiger partial charge in [0.15, 0.2) is 0 Å². The number of aromatic nitrogens is 1. The van der Waals surface area contributed by atoms with Crippen LogP contribution in [-0.2, 0) is 9.53 Å². The van der Waals surface area contributed by atoms with Crippen molar-refractivity contribution in [1.29, 1.82) is 0 Å². The van der Waals surface area contributed by atoms with Gasteiger partial charge in [-0.1, -0.05) is 55.0 Å². The molecule has 0 saturated carbocycles. The van der Waals surface area contributed by atoms with E-state index in [-0.39, 0.29) is 5.97 Å².